The molecule has 0 N–H and O–H groups in total. The SMILES string of the molecule is Cc1cc(C(=O)N2CCN(c3ccc(S(=O)(=O)C(F)F)cc3[N+](=O)[O-])CC2)c(C)o1. The molecule has 1 aromatic heterocycles. The number of nitro groups is 1. The highest BCUT2D eigenvalue weighted by Crippen LogP contribution is 2.33. The summed E-state index contributed by atoms with van der Waals surface area (Å²) in [6.45, 7) is 4.48. The van der Waals surface area contributed by atoms with Gasteiger partial charge >= 0.3 is 5.76 Å². The number of hydrogen-bond donors (Lipinski definition) is 0. The van der Waals surface area contributed by atoms with E-state index in [1.54, 1.807) is 29.7 Å². The molecule has 1 aliphatic heterocycles. The van der Waals surface area contributed by atoms with Gasteiger partial charge in [-0.25, -0.2) is 8.42 Å². The van der Waals surface area contributed by atoms with Crippen molar-refractivity contribution in [2.75, 3.05) is 31.1 Å². The van der Waals surface area contributed by atoms with Gasteiger partial charge in [0.05, 0.1) is 15.4 Å². The summed E-state index contributed by atoms with van der Waals surface area (Å²) in [5, 5.41) is 11.4. The molecule has 1 amide bonds. The molecule has 12 heteroatoms. The summed E-state index contributed by atoms with van der Waals surface area (Å²) in [7, 11) is -4.95. The van der Waals surface area contributed by atoms with Crippen LogP contribution in [0.4, 0.5) is 20.2 Å². The Hall–Kier alpha value is -3.02. The maximum absolute atomic E-state index is 12.8. The van der Waals surface area contributed by atoms with Gasteiger partial charge in [0.25, 0.3) is 11.6 Å². The number of nitrogens with zero attached hydrogens (tertiary/aromatic N) is 3. The van der Waals surface area contributed by atoms with Gasteiger partial charge in [0.1, 0.15) is 17.2 Å². The number of rotatable bonds is 5. The summed E-state index contributed by atoms with van der Waals surface area (Å²) in [4.78, 5) is 25.7. The van der Waals surface area contributed by atoms with Gasteiger partial charge in [-0.15, -0.1) is 0 Å². The summed E-state index contributed by atoms with van der Waals surface area (Å²) < 4.78 is 54.2. The molecular formula is C18H19F2N3O6S. The first kappa shape index (κ1) is 21.7. The quantitative estimate of drug-likeness (QED) is 0.516. The third-order valence-electron chi connectivity index (χ3n) is 4.89. The summed E-state index contributed by atoms with van der Waals surface area (Å²) in [6, 6.07) is 4.37. The third kappa shape index (κ3) is 3.99. The standard InChI is InChI=1S/C18H19F2N3O6S/c1-11-9-14(12(2)29-11)17(24)22-7-5-21(6-8-22)15-4-3-13(10-16(15)23(25)26)30(27,28)18(19)20/h3-4,9-10,18H,5-8H2,1-2H3. The van der Waals surface area contributed by atoms with Crippen LogP contribution in [0.15, 0.2) is 33.6 Å². The summed E-state index contributed by atoms with van der Waals surface area (Å²) in [5.41, 5.74) is -0.0260. The van der Waals surface area contributed by atoms with Gasteiger partial charge in [-0.2, -0.15) is 8.78 Å². The molecule has 0 spiro atoms. The molecular weight excluding hydrogens is 424 g/mol. The Labute approximate surface area is 170 Å². The molecule has 0 aliphatic carbocycles. The second kappa shape index (κ2) is 8.01. The average Bonchev–Trinajstić information content (AvgIpc) is 3.04. The molecule has 30 heavy (non-hydrogen) atoms. The first-order valence-corrected chi connectivity index (χ1v) is 10.5. The van der Waals surface area contributed by atoms with Crippen molar-refractivity contribution in [1.29, 1.82) is 0 Å². The lowest BCUT2D eigenvalue weighted by Crippen LogP contribution is -2.49. The maximum atomic E-state index is 12.8. The zero-order valence-electron chi connectivity index (χ0n) is 16.2. The van der Waals surface area contributed by atoms with Crippen molar-refractivity contribution in [1.82, 2.24) is 4.90 Å². The van der Waals surface area contributed by atoms with Crippen LogP contribution in [0.1, 0.15) is 21.9 Å². The van der Waals surface area contributed by atoms with Gasteiger partial charge in [0.2, 0.25) is 9.84 Å². The summed E-state index contributed by atoms with van der Waals surface area (Å²) >= 11 is 0. The number of benzene rings is 1. The summed E-state index contributed by atoms with van der Waals surface area (Å²) in [6.07, 6.45) is 0. The number of aryl methyl sites for hydroxylation is 2. The zero-order chi connectivity index (χ0) is 22.2. The fraction of sp³-hybridized carbons (Fsp3) is 0.389. The average molecular weight is 443 g/mol. The second-order valence-electron chi connectivity index (χ2n) is 6.82. The largest absolute Gasteiger partial charge is 0.466 e. The number of nitro benzene ring substituents is 1. The number of alkyl halides is 2. The van der Waals surface area contributed by atoms with Crippen molar-refractivity contribution in [3.63, 3.8) is 0 Å². The van der Waals surface area contributed by atoms with Crippen LogP contribution in [0.2, 0.25) is 0 Å². The Morgan fingerprint density at radius 2 is 1.80 bits per heavy atom. The first-order valence-electron chi connectivity index (χ1n) is 8.94. The van der Waals surface area contributed by atoms with Crippen LogP contribution in [0.3, 0.4) is 0 Å². The number of sulfone groups is 1. The van der Waals surface area contributed by atoms with Crippen molar-refractivity contribution in [3.05, 3.63) is 51.5 Å². The minimum atomic E-state index is -4.95. The smallest absolute Gasteiger partial charge is 0.341 e. The second-order valence-corrected chi connectivity index (χ2v) is 8.74. The molecule has 0 saturated carbocycles. The van der Waals surface area contributed by atoms with Gasteiger partial charge in [-0.05, 0) is 32.0 Å². The van der Waals surface area contributed by atoms with E-state index in [1.165, 1.54) is 0 Å². The zero-order valence-corrected chi connectivity index (χ0v) is 17.0. The Balaban J connectivity index is 1.80. The van der Waals surface area contributed by atoms with E-state index < -0.39 is 31.1 Å². The molecule has 3 rings (SSSR count). The van der Waals surface area contributed by atoms with Crippen LogP contribution in [-0.4, -0.2) is 56.1 Å². The van der Waals surface area contributed by atoms with Gasteiger partial charge in [-0.1, -0.05) is 0 Å². The van der Waals surface area contributed by atoms with Crippen LogP contribution in [-0.2, 0) is 9.84 Å². The number of anilines is 1. The highest BCUT2D eigenvalue weighted by molar-refractivity contribution is 7.91. The molecule has 0 unspecified atom stereocenters. The lowest BCUT2D eigenvalue weighted by atomic mass is 10.1. The predicted octanol–water partition coefficient (Wildman–Crippen LogP) is 2.76. The number of carbonyl (C=O) groups excluding carboxylic acids is 1. The molecule has 1 saturated heterocycles. The van der Waals surface area contributed by atoms with E-state index in [-0.39, 0.29) is 37.8 Å². The number of hydrogen-bond acceptors (Lipinski definition) is 7. The molecule has 0 atom stereocenters. The molecule has 2 heterocycles. The number of amides is 1. The normalized spacial score (nSPS) is 15.0. The lowest BCUT2D eigenvalue weighted by Gasteiger charge is -2.35. The van der Waals surface area contributed by atoms with Crippen molar-refractivity contribution in [2.45, 2.75) is 24.5 Å². The Morgan fingerprint density at radius 1 is 1.17 bits per heavy atom. The molecule has 0 radical (unpaired) electrons. The number of piperazine rings is 1. The number of carbonyl (C=O) groups is 1. The van der Waals surface area contributed by atoms with Crippen LogP contribution >= 0.6 is 0 Å². The van der Waals surface area contributed by atoms with Gasteiger partial charge < -0.3 is 14.2 Å². The van der Waals surface area contributed by atoms with E-state index in [2.05, 4.69) is 0 Å². The summed E-state index contributed by atoms with van der Waals surface area (Å²) in [5.74, 6) is -2.76. The van der Waals surface area contributed by atoms with E-state index in [0.717, 1.165) is 12.1 Å². The van der Waals surface area contributed by atoms with E-state index in [4.69, 9.17) is 4.42 Å². The maximum Gasteiger partial charge on any atom is 0.341 e. The van der Waals surface area contributed by atoms with Crippen LogP contribution < -0.4 is 4.90 Å². The van der Waals surface area contributed by atoms with E-state index >= 15 is 0 Å². The third-order valence-corrected chi connectivity index (χ3v) is 6.27. The lowest BCUT2D eigenvalue weighted by molar-refractivity contribution is -0.384. The van der Waals surface area contributed by atoms with Crippen LogP contribution in [0.5, 0.6) is 0 Å². The molecule has 1 fully saturated rings. The number of furan rings is 1. The Kier molecular flexibility index (Phi) is 5.79. The van der Waals surface area contributed by atoms with E-state index in [0.29, 0.717) is 23.2 Å². The fourth-order valence-electron chi connectivity index (χ4n) is 3.36. The fourth-order valence-corrected chi connectivity index (χ4v) is 4.10. The Bertz CT molecular complexity index is 1090. The van der Waals surface area contributed by atoms with Crippen molar-refractivity contribution >= 4 is 27.1 Å². The topological polar surface area (TPSA) is 114 Å². The van der Waals surface area contributed by atoms with Crippen molar-refractivity contribution < 1.29 is 31.3 Å². The highest BCUT2D eigenvalue weighted by atomic mass is 32.2. The van der Waals surface area contributed by atoms with Gasteiger partial charge in [0, 0.05) is 32.2 Å². The molecule has 2 aromatic rings. The van der Waals surface area contributed by atoms with Crippen LogP contribution in [0, 0.1) is 24.0 Å². The number of halogens is 2. The monoisotopic (exact) mass is 443 g/mol. The van der Waals surface area contributed by atoms with Crippen molar-refractivity contribution in [2.24, 2.45) is 0 Å². The van der Waals surface area contributed by atoms with E-state index in [9.17, 15) is 32.1 Å². The minimum Gasteiger partial charge on any atom is -0.466 e. The highest BCUT2D eigenvalue weighted by Gasteiger charge is 2.32. The minimum absolute atomic E-state index is 0.107. The van der Waals surface area contributed by atoms with Gasteiger partial charge in [-0.3, -0.25) is 14.9 Å². The molecule has 1 aliphatic rings. The molecule has 9 nitrogen and oxygen atoms in total. The van der Waals surface area contributed by atoms with Crippen LogP contribution in [0.25, 0.3) is 0 Å². The van der Waals surface area contributed by atoms with E-state index in [1.807, 2.05) is 0 Å². The molecule has 0 bridgehead atoms. The first-order chi connectivity index (χ1) is 14.0. The van der Waals surface area contributed by atoms with Gasteiger partial charge in [0.15, 0.2) is 0 Å². The predicted molar refractivity (Wildman–Crippen MR) is 103 cm³/mol. The molecule has 162 valence electrons. The van der Waals surface area contributed by atoms with Crippen molar-refractivity contribution in [3.8, 4) is 0 Å². The Morgan fingerprint density at radius 3 is 2.30 bits per heavy atom. The molecule has 1 aromatic carbocycles.